The van der Waals surface area contributed by atoms with Gasteiger partial charge in [0.05, 0.1) is 17.3 Å². The Kier molecular flexibility index (Phi) is 4.09. The van der Waals surface area contributed by atoms with Crippen molar-refractivity contribution in [2.45, 2.75) is 59.2 Å². The number of ether oxygens (including phenoxy) is 1. The van der Waals surface area contributed by atoms with Gasteiger partial charge in [0.2, 0.25) is 0 Å². The van der Waals surface area contributed by atoms with Crippen molar-refractivity contribution in [3.63, 3.8) is 0 Å². The minimum Gasteiger partial charge on any atom is -0.378 e. The number of hydrogen-bond donors (Lipinski definition) is 1. The van der Waals surface area contributed by atoms with Gasteiger partial charge in [0, 0.05) is 30.5 Å². The molecule has 1 aromatic heterocycles. The van der Waals surface area contributed by atoms with E-state index in [4.69, 9.17) is 9.72 Å². The lowest BCUT2D eigenvalue weighted by molar-refractivity contribution is 0.181. The fraction of sp³-hybridized carbons (Fsp3) is 0.786. The van der Waals surface area contributed by atoms with Gasteiger partial charge in [0.25, 0.3) is 0 Å². The summed E-state index contributed by atoms with van der Waals surface area (Å²) in [6.07, 6.45) is 1.27. The average Bonchev–Trinajstić information content (AvgIpc) is 2.74. The third kappa shape index (κ3) is 3.11. The maximum absolute atomic E-state index is 5.26. The minimum absolute atomic E-state index is 0.449. The fourth-order valence-electron chi connectivity index (χ4n) is 2.13. The molecule has 1 N–H and O–H groups in total. The highest BCUT2D eigenvalue weighted by atomic mass is 32.1. The molecule has 1 heterocycles. The molecule has 3 nitrogen and oxygen atoms in total. The molecule has 2 rings (SSSR count). The number of thiazole rings is 1. The normalized spacial score (nSPS) is 21.6. The molecule has 102 valence electrons. The fourth-order valence-corrected chi connectivity index (χ4v) is 3.46. The molecule has 18 heavy (non-hydrogen) atoms. The van der Waals surface area contributed by atoms with Gasteiger partial charge in [-0.25, -0.2) is 4.98 Å². The van der Waals surface area contributed by atoms with Gasteiger partial charge in [-0.1, -0.05) is 27.7 Å². The molecule has 1 atom stereocenters. The summed E-state index contributed by atoms with van der Waals surface area (Å²) in [5, 5.41) is 4.77. The predicted molar refractivity (Wildman–Crippen MR) is 75.9 cm³/mol. The highest BCUT2D eigenvalue weighted by Gasteiger charge is 2.48. The van der Waals surface area contributed by atoms with E-state index in [1.54, 1.807) is 7.11 Å². The van der Waals surface area contributed by atoms with E-state index in [9.17, 15) is 0 Å². The lowest BCUT2D eigenvalue weighted by Gasteiger charge is -2.07. The van der Waals surface area contributed by atoms with E-state index >= 15 is 0 Å². The van der Waals surface area contributed by atoms with Crippen LogP contribution in [0, 0.1) is 5.41 Å². The van der Waals surface area contributed by atoms with E-state index in [1.807, 2.05) is 11.3 Å². The van der Waals surface area contributed by atoms with E-state index in [-0.39, 0.29) is 0 Å². The first-order chi connectivity index (χ1) is 8.44. The molecule has 0 radical (unpaired) electrons. The lowest BCUT2D eigenvalue weighted by atomic mass is 10.1. The van der Waals surface area contributed by atoms with Crippen LogP contribution in [0.5, 0.6) is 0 Å². The van der Waals surface area contributed by atoms with Gasteiger partial charge in [-0.3, -0.25) is 0 Å². The number of hydrogen-bond acceptors (Lipinski definition) is 4. The van der Waals surface area contributed by atoms with Gasteiger partial charge in [-0.2, -0.15) is 0 Å². The maximum Gasteiger partial charge on any atom is 0.0969 e. The SMILES string of the molecule is COCc1nc(C2CC2(C)C)sc1CNC(C)C. The summed E-state index contributed by atoms with van der Waals surface area (Å²) in [4.78, 5) is 6.13. The molecule has 1 aromatic rings. The van der Waals surface area contributed by atoms with E-state index in [2.05, 4.69) is 33.0 Å². The quantitative estimate of drug-likeness (QED) is 0.859. The molecule has 0 saturated heterocycles. The van der Waals surface area contributed by atoms with Crippen LogP contribution in [0.15, 0.2) is 0 Å². The van der Waals surface area contributed by atoms with Crippen LogP contribution in [0.1, 0.15) is 55.6 Å². The van der Waals surface area contributed by atoms with Crippen molar-refractivity contribution >= 4 is 11.3 Å². The van der Waals surface area contributed by atoms with E-state index in [0.717, 1.165) is 12.2 Å². The van der Waals surface area contributed by atoms with Crippen LogP contribution in [-0.4, -0.2) is 18.1 Å². The van der Waals surface area contributed by atoms with Crippen LogP contribution in [0.2, 0.25) is 0 Å². The molecule has 0 bridgehead atoms. The van der Waals surface area contributed by atoms with Crippen LogP contribution in [-0.2, 0) is 17.9 Å². The number of rotatable bonds is 6. The van der Waals surface area contributed by atoms with Crippen molar-refractivity contribution in [1.29, 1.82) is 0 Å². The number of methoxy groups -OCH3 is 1. The summed E-state index contributed by atoms with van der Waals surface area (Å²) < 4.78 is 5.26. The Balaban J connectivity index is 2.11. The van der Waals surface area contributed by atoms with Crippen molar-refractivity contribution in [3.05, 3.63) is 15.6 Å². The first-order valence-corrected chi connectivity index (χ1v) is 7.46. The third-order valence-corrected chi connectivity index (χ3v) is 4.77. The van der Waals surface area contributed by atoms with E-state index in [1.165, 1.54) is 16.3 Å². The van der Waals surface area contributed by atoms with Crippen LogP contribution in [0.3, 0.4) is 0 Å². The predicted octanol–water partition coefficient (Wildman–Crippen LogP) is 3.30. The minimum atomic E-state index is 0.449. The summed E-state index contributed by atoms with van der Waals surface area (Å²) in [7, 11) is 1.74. The van der Waals surface area contributed by atoms with E-state index < -0.39 is 0 Å². The second-order valence-electron chi connectivity index (χ2n) is 6.14. The Morgan fingerprint density at radius 2 is 2.17 bits per heavy atom. The highest BCUT2D eigenvalue weighted by Crippen LogP contribution is 2.59. The van der Waals surface area contributed by atoms with Crippen molar-refractivity contribution in [3.8, 4) is 0 Å². The van der Waals surface area contributed by atoms with Gasteiger partial charge in [0.1, 0.15) is 0 Å². The molecule has 0 amide bonds. The highest BCUT2D eigenvalue weighted by molar-refractivity contribution is 7.11. The molecule has 1 aliphatic carbocycles. The summed E-state index contributed by atoms with van der Waals surface area (Å²) in [5.41, 5.74) is 1.57. The van der Waals surface area contributed by atoms with Crippen molar-refractivity contribution < 1.29 is 4.74 Å². The first-order valence-electron chi connectivity index (χ1n) is 6.65. The van der Waals surface area contributed by atoms with Gasteiger partial charge in [-0.15, -0.1) is 11.3 Å². The Morgan fingerprint density at radius 1 is 1.50 bits per heavy atom. The molecule has 1 aliphatic rings. The molecule has 4 heteroatoms. The monoisotopic (exact) mass is 268 g/mol. The third-order valence-electron chi connectivity index (χ3n) is 3.56. The maximum atomic E-state index is 5.26. The summed E-state index contributed by atoms with van der Waals surface area (Å²) in [6, 6.07) is 0.503. The van der Waals surface area contributed by atoms with Gasteiger partial charge in [-0.05, 0) is 11.8 Å². The summed E-state index contributed by atoms with van der Waals surface area (Å²) in [5.74, 6) is 0.658. The van der Waals surface area contributed by atoms with Gasteiger partial charge >= 0.3 is 0 Å². The second-order valence-corrected chi connectivity index (χ2v) is 7.25. The Labute approximate surface area is 114 Å². The molecular formula is C14H24N2OS. The number of nitrogens with zero attached hydrogens (tertiary/aromatic N) is 1. The molecule has 0 aliphatic heterocycles. The second kappa shape index (κ2) is 5.27. The van der Waals surface area contributed by atoms with Gasteiger partial charge in [0.15, 0.2) is 0 Å². The van der Waals surface area contributed by atoms with Crippen LogP contribution in [0.4, 0.5) is 0 Å². The Hall–Kier alpha value is -0.450. The molecule has 0 aromatic carbocycles. The van der Waals surface area contributed by atoms with Crippen molar-refractivity contribution in [2.75, 3.05) is 7.11 Å². The number of aromatic nitrogens is 1. The largest absolute Gasteiger partial charge is 0.378 e. The van der Waals surface area contributed by atoms with Crippen LogP contribution >= 0.6 is 11.3 Å². The molecule has 1 saturated carbocycles. The van der Waals surface area contributed by atoms with E-state index in [0.29, 0.717) is 24.0 Å². The molecule has 0 spiro atoms. The van der Waals surface area contributed by atoms with Gasteiger partial charge < -0.3 is 10.1 Å². The molecule has 1 fully saturated rings. The number of nitrogens with one attached hydrogen (secondary N) is 1. The molecule has 1 unspecified atom stereocenters. The smallest absolute Gasteiger partial charge is 0.0969 e. The first kappa shape index (κ1) is 14.0. The average molecular weight is 268 g/mol. The van der Waals surface area contributed by atoms with Crippen LogP contribution in [0.25, 0.3) is 0 Å². The zero-order valence-corrected chi connectivity index (χ0v) is 12.9. The van der Waals surface area contributed by atoms with Crippen LogP contribution < -0.4 is 5.32 Å². The Bertz CT molecular complexity index is 412. The topological polar surface area (TPSA) is 34.1 Å². The zero-order valence-electron chi connectivity index (χ0n) is 12.0. The Morgan fingerprint density at radius 3 is 2.67 bits per heavy atom. The lowest BCUT2D eigenvalue weighted by Crippen LogP contribution is -2.21. The zero-order chi connectivity index (χ0) is 13.3. The summed E-state index contributed by atoms with van der Waals surface area (Å²) in [6.45, 7) is 10.5. The standard InChI is InChI=1S/C14H24N2OS/c1-9(2)15-7-12-11(8-17-5)16-13(18-12)10-6-14(10,3)4/h9-10,15H,6-8H2,1-5H3. The molecular weight excluding hydrogens is 244 g/mol. The summed E-state index contributed by atoms with van der Waals surface area (Å²) >= 11 is 1.86. The van der Waals surface area contributed by atoms with Crippen molar-refractivity contribution in [2.24, 2.45) is 5.41 Å². The van der Waals surface area contributed by atoms with Crippen molar-refractivity contribution in [1.82, 2.24) is 10.3 Å².